The Kier molecular flexibility index (Phi) is 3.05. The van der Waals surface area contributed by atoms with Crippen LogP contribution in [-0.4, -0.2) is 4.57 Å². The standard InChI is InChI=1S/C20H10FN3/c21-19-14(12-23)10-13(11-22)18-16-8-4-5-9-17(16)24(20(18)19)15-6-2-1-3-7-15/h1-10H. The summed E-state index contributed by atoms with van der Waals surface area (Å²) in [6, 6.07) is 22.1. The fourth-order valence-corrected chi connectivity index (χ4v) is 3.14. The Balaban J connectivity index is 2.34. The van der Waals surface area contributed by atoms with Crippen LogP contribution in [-0.2, 0) is 0 Å². The summed E-state index contributed by atoms with van der Waals surface area (Å²) in [7, 11) is 0. The van der Waals surface area contributed by atoms with E-state index in [9.17, 15) is 10.5 Å². The molecule has 4 rings (SSSR count). The number of rotatable bonds is 1. The average Bonchev–Trinajstić information content (AvgIpc) is 2.99. The SMILES string of the molecule is N#Cc1cc(C#N)c2c3ccccc3n(-c3ccccc3)c2c1F. The summed E-state index contributed by atoms with van der Waals surface area (Å²) in [5.74, 6) is -0.605. The fourth-order valence-electron chi connectivity index (χ4n) is 3.14. The molecule has 0 atom stereocenters. The highest BCUT2D eigenvalue weighted by Gasteiger charge is 2.21. The molecule has 0 bridgehead atoms. The second kappa shape index (κ2) is 5.22. The molecule has 0 saturated heterocycles. The van der Waals surface area contributed by atoms with Gasteiger partial charge in [-0.25, -0.2) is 4.39 Å². The van der Waals surface area contributed by atoms with E-state index in [1.54, 1.807) is 4.57 Å². The van der Waals surface area contributed by atoms with Crippen LogP contribution in [0.1, 0.15) is 11.1 Å². The highest BCUT2D eigenvalue weighted by Crippen LogP contribution is 2.36. The van der Waals surface area contributed by atoms with Crippen molar-refractivity contribution in [3.63, 3.8) is 0 Å². The van der Waals surface area contributed by atoms with Crippen molar-refractivity contribution in [2.75, 3.05) is 0 Å². The summed E-state index contributed by atoms with van der Waals surface area (Å²) >= 11 is 0. The third-order valence-electron chi connectivity index (χ3n) is 4.13. The Labute approximate surface area is 137 Å². The van der Waals surface area contributed by atoms with Crippen LogP contribution in [0, 0.1) is 28.5 Å². The van der Waals surface area contributed by atoms with Gasteiger partial charge in [-0.1, -0.05) is 36.4 Å². The molecule has 0 aliphatic rings. The number of para-hydroxylation sites is 2. The smallest absolute Gasteiger partial charge is 0.165 e. The molecule has 3 aromatic carbocycles. The van der Waals surface area contributed by atoms with Crippen LogP contribution in [0.15, 0.2) is 60.7 Å². The van der Waals surface area contributed by atoms with Gasteiger partial charge in [0.15, 0.2) is 5.82 Å². The molecule has 24 heavy (non-hydrogen) atoms. The Morgan fingerprint density at radius 2 is 1.50 bits per heavy atom. The largest absolute Gasteiger partial charge is 0.306 e. The zero-order valence-electron chi connectivity index (χ0n) is 12.5. The van der Waals surface area contributed by atoms with Crippen molar-refractivity contribution in [2.24, 2.45) is 0 Å². The first-order chi connectivity index (χ1) is 11.8. The predicted octanol–water partition coefficient (Wildman–Crippen LogP) is 4.67. The number of nitrogens with zero attached hydrogens (tertiary/aromatic N) is 3. The predicted molar refractivity (Wildman–Crippen MR) is 90.2 cm³/mol. The Morgan fingerprint density at radius 1 is 0.833 bits per heavy atom. The minimum atomic E-state index is -0.605. The van der Waals surface area contributed by atoms with Crippen molar-refractivity contribution in [1.82, 2.24) is 4.57 Å². The normalized spacial score (nSPS) is 10.6. The zero-order chi connectivity index (χ0) is 16.7. The monoisotopic (exact) mass is 311 g/mol. The number of fused-ring (bicyclic) bond motifs is 3. The topological polar surface area (TPSA) is 52.5 Å². The van der Waals surface area contributed by atoms with Gasteiger partial charge in [-0.05, 0) is 24.3 Å². The molecular weight excluding hydrogens is 301 g/mol. The highest BCUT2D eigenvalue weighted by molar-refractivity contribution is 6.12. The Morgan fingerprint density at radius 3 is 2.21 bits per heavy atom. The van der Waals surface area contributed by atoms with Gasteiger partial charge in [-0.15, -0.1) is 0 Å². The van der Waals surface area contributed by atoms with Gasteiger partial charge in [0.25, 0.3) is 0 Å². The van der Waals surface area contributed by atoms with E-state index >= 15 is 4.39 Å². The van der Waals surface area contributed by atoms with Gasteiger partial charge in [-0.3, -0.25) is 0 Å². The van der Waals surface area contributed by atoms with Gasteiger partial charge in [0.05, 0.1) is 28.2 Å². The molecule has 0 spiro atoms. The van der Waals surface area contributed by atoms with E-state index in [0.717, 1.165) is 16.6 Å². The number of benzene rings is 3. The molecule has 3 nitrogen and oxygen atoms in total. The maximum absolute atomic E-state index is 15.0. The highest BCUT2D eigenvalue weighted by atomic mass is 19.1. The average molecular weight is 311 g/mol. The summed E-state index contributed by atoms with van der Waals surface area (Å²) in [6.45, 7) is 0. The van der Waals surface area contributed by atoms with Gasteiger partial charge < -0.3 is 4.57 Å². The van der Waals surface area contributed by atoms with E-state index in [4.69, 9.17) is 0 Å². The molecule has 0 saturated carbocycles. The van der Waals surface area contributed by atoms with Crippen LogP contribution >= 0.6 is 0 Å². The first-order valence-electron chi connectivity index (χ1n) is 7.37. The molecule has 0 radical (unpaired) electrons. The van der Waals surface area contributed by atoms with Crippen molar-refractivity contribution < 1.29 is 4.39 Å². The van der Waals surface area contributed by atoms with E-state index in [1.165, 1.54) is 6.07 Å². The van der Waals surface area contributed by atoms with Crippen molar-refractivity contribution in [1.29, 1.82) is 10.5 Å². The lowest BCUT2D eigenvalue weighted by Gasteiger charge is -2.08. The summed E-state index contributed by atoms with van der Waals surface area (Å²) in [4.78, 5) is 0. The maximum Gasteiger partial charge on any atom is 0.165 e. The summed E-state index contributed by atoms with van der Waals surface area (Å²) in [5, 5.41) is 20.0. The number of nitriles is 2. The minimum absolute atomic E-state index is 0.126. The van der Waals surface area contributed by atoms with Crippen molar-refractivity contribution in [3.8, 4) is 17.8 Å². The van der Waals surface area contributed by atoms with Crippen LogP contribution in [0.25, 0.3) is 27.5 Å². The van der Waals surface area contributed by atoms with Crippen molar-refractivity contribution in [2.45, 2.75) is 0 Å². The summed E-state index contributed by atoms with van der Waals surface area (Å²) in [6.07, 6.45) is 0. The van der Waals surface area contributed by atoms with E-state index in [0.29, 0.717) is 10.9 Å². The first kappa shape index (κ1) is 14.0. The van der Waals surface area contributed by atoms with Crippen LogP contribution in [0.2, 0.25) is 0 Å². The summed E-state index contributed by atoms with van der Waals surface area (Å²) < 4.78 is 16.8. The summed E-state index contributed by atoms with van der Waals surface area (Å²) in [5.41, 5.74) is 2.01. The van der Waals surface area contributed by atoms with Crippen LogP contribution in [0.5, 0.6) is 0 Å². The molecule has 0 aliphatic heterocycles. The Bertz CT molecular complexity index is 1180. The third kappa shape index (κ3) is 1.81. The lowest BCUT2D eigenvalue weighted by atomic mass is 10.0. The van der Waals surface area contributed by atoms with Crippen molar-refractivity contribution >= 4 is 21.8 Å². The molecule has 1 heterocycles. The van der Waals surface area contributed by atoms with Crippen LogP contribution in [0.4, 0.5) is 4.39 Å². The molecule has 4 heteroatoms. The number of halogens is 1. The second-order valence-corrected chi connectivity index (χ2v) is 5.42. The van der Waals surface area contributed by atoms with Crippen LogP contribution < -0.4 is 0 Å². The van der Waals surface area contributed by atoms with Gasteiger partial charge in [0.1, 0.15) is 6.07 Å². The molecular formula is C20H10FN3. The Hall–Kier alpha value is -3.63. The molecule has 0 N–H and O–H groups in total. The van der Waals surface area contributed by atoms with E-state index in [2.05, 4.69) is 6.07 Å². The zero-order valence-corrected chi connectivity index (χ0v) is 12.5. The quantitative estimate of drug-likeness (QED) is 0.513. The van der Waals surface area contributed by atoms with E-state index in [1.807, 2.05) is 60.7 Å². The van der Waals surface area contributed by atoms with Crippen molar-refractivity contribution in [3.05, 3.63) is 77.6 Å². The van der Waals surface area contributed by atoms with Crippen LogP contribution in [0.3, 0.4) is 0 Å². The van der Waals surface area contributed by atoms with Gasteiger partial charge in [0.2, 0.25) is 0 Å². The number of aromatic nitrogens is 1. The molecule has 1 aromatic heterocycles. The lowest BCUT2D eigenvalue weighted by Crippen LogP contribution is -1.98. The van der Waals surface area contributed by atoms with E-state index < -0.39 is 5.82 Å². The molecule has 0 aliphatic carbocycles. The maximum atomic E-state index is 15.0. The molecule has 112 valence electrons. The minimum Gasteiger partial charge on any atom is -0.306 e. The number of hydrogen-bond acceptors (Lipinski definition) is 2. The molecule has 0 fully saturated rings. The first-order valence-corrected chi connectivity index (χ1v) is 7.37. The van der Waals surface area contributed by atoms with Gasteiger partial charge >= 0.3 is 0 Å². The second-order valence-electron chi connectivity index (χ2n) is 5.42. The fraction of sp³-hybridized carbons (Fsp3) is 0. The third-order valence-corrected chi connectivity index (χ3v) is 4.13. The number of hydrogen-bond donors (Lipinski definition) is 0. The lowest BCUT2D eigenvalue weighted by molar-refractivity contribution is 0.631. The van der Waals surface area contributed by atoms with Gasteiger partial charge in [0, 0.05) is 16.5 Å². The molecule has 0 unspecified atom stereocenters. The molecule has 0 amide bonds. The van der Waals surface area contributed by atoms with E-state index in [-0.39, 0.29) is 11.1 Å². The molecule has 4 aromatic rings. The van der Waals surface area contributed by atoms with Gasteiger partial charge in [-0.2, -0.15) is 10.5 Å².